The zero-order valence-corrected chi connectivity index (χ0v) is 18.3. The number of allylic oxidation sites excluding steroid dienone is 1. The Morgan fingerprint density at radius 1 is 1.14 bits per heavy atom. The lowest BCUT2D eigenvalue weighted by Crippen LogP contribution is -2.41. The van der Waals surface area contributed by atoms with Crippen LogP contribution in [0, 0.1) is 0 Å². The minimum Gasteiger partial charge on any atom is -0.444 e. The maximum Gasteiger partial charge on any atom is 0.452 e. The number of hydrogen-bond donors (Lipinski definition) is 1. The Bertz CT molecular complexity index is 637. The van der Waals surface area contributed by atoms with Gasteiger partial charge in [-0.2, -0.15) is 26.3 Å². The molecular weight excluding hydrogens is 530 g/mol. The summed E-state index contributed by atoms with van der Waals surface area (Å²) in [6.07, 6.45) is -9.32. The quantitative estimate of drug-likeness (QED) is 0.379. The first kappa shape index (κ1) is 26.9. The van der Waals surface area contributed by atoms with E-state index in [1.165, 1.54) is 0 Å². The SMILES string of the molecule is C[C@H](NC(=O)OC(C)(C)C)C1=NC=C(C(F)(F)F)C1.O=C(C(Br)Br)C(F)(F)F. The fraction of sp³-hybridized carbons (Fsp3) is 0.667. The van der Waals surface area contributed by atoms with Crippen LogP contribution in [0.3, 0.4) is 0 Å². The summed E-state index contributed by atoms with van der Waals surface area (Å²) in [5.74, 6) is -1.83. The number of aliphatic imine (C=N–C) groups is 1. The fourth-order valence-electron chi connectivity index (χ4n) is 1.58. The smallest absolute Gasteiger partial charge is 0.444 e. The first-order valence-corrected chi connectivity index (χ1v) is 9.39. The second-order valence-corrected chi connectivity index (χ2v) is 9.54. The lowest BCUT2D eigenvalue weighted by atomic mass is 10.1. The summed E-state index contributed by atoms with van der Waals surface area (Å²) in [6.45, 7) is 6.67. The first-order valence-electron chi connectivity index (χ1n) is 7.56. The molecule has 1 aliphatic heterocycles. The molecule has 0 spiro atoms. The van der Waals surface area contributed by atoms with Crippen molar-refractivity contribution in [2.75, 3.05) is 0 Å². The number of ether oxygens (including phenoxy) is 1. The van der Waals surface area contributed by atoms with Gasteiger partial charge in [0.2, 0.25) is 0 Å². The highest BCUT2D eigenvalue weighted by atomic mass is 79.9. The summed E-state index contributed by atoms with van der Waals surface area (Å²) in [5.41, 5.74) is -1.10. The molecule has 1 N–H and O–H groups in total. The largest absolute Gasteiger partial charge is 0.452 e. The van der Waals surface area contributed by atoms with Gasteiger partial charge >= 0.3 is 18.4 Å². The van der Waals surface area contributed by atoms with Gasteiger partial charge in [0, 0.05) is 18.3 Å². The van der Waals surface area contributed by atoms with E-state index in [9.17, 15) is 35.9 Å². The standard InChI is InChI=1S/C12H17F3N2O2.C3HBr2F3O/c1-7(17-10(18)19-11(2,3)4)9-5-8(6-16-9)12(13,14)15;4-2(5)1(9)3(6,7)8/h6-7H,5H2,1-4H3,(H,17,18);2H/t7-;/m0./s1. The van der Waals surface area contributed by atoms with Gasteiger partial charge < -0.3 is 10.1 Å². The van der Waals surface area contributed by atoms with Gasteiger partial charge in [0.1, 0.15) is 9.34 Å². The monoisotopic (exact) mass is 546 g/mol. The maximum absolute atomic E-state index is 12.4. The van der Waals surface area contributed by atoms with Crippen LogP contribution in [0.2, 0.25) is 0 Å². The topological polar surface area (TPSA) is 67.8 Å². The van der Waals surface area contributed by atoms with Gasteiger partial charge in [0.25, 0.3) is 5.78 Å². The third kappa shape index (κ3) is 10.4. The highest BCUT2D eigenvalue weighted by Gasteiger charge is 2.41. The zero-order valence-electron chi connectivity index (χ0n) is 15.1. The van der Waals surface area contributed by atoms with Gasteiger partial charge in [-0.1, -0.05) is 31.9 Å². The van der Waals surface area contributed by atoms with Crippen LogP contribution in [0.15, 0.2) is 16.8 Å². The molecule has 0 aromatic rings. The summed E-state index contributed by atoms with van der Waals surface area (Å²) in [4.78, 5) is 25.1. The van der Waals surface area contributed by atoms with E-state index >= 15 is 0 Å². The van der Waals surface area contributed by atoms with Crippen molar-refractivity contribution in [1.82, 2.24) is 5.32 Å². The van der Waals surface area contributed by atoms with Gasteiger partial charge in [0.05, 0.1) is 11.6 Å². The number of alkyl halides is 8. The number of hydrogen-bond acceptors (Lipinski definition) is 4. The Morgan fingerprint density at radius 2 is 1.64 bits per heavy atom. The van der Waals surface area contributed by atoms with Gasteiger partial charge in [-0.15, -0.1) is 0 Å². The van der Waals surface area contributed by atoms with Crippen LogP contribution in [0.4, 0.5) is 31.1 Å². The molecule has 28 heavy (non-hydrogen) atoms. The highest BCUT2D eigenvalue weighted by Crippen LogP contribution is 2.31. The van der Waals surface area contributed by atoms with E-state index in [4.69, 9.17) is 4.74 Å². The van der Waals surface area contributed by atoms with E-state index in [0.717, 1.165) is 6.20 Å². The molecule has 0 aliphatic carbocycles. The Kier molecular flexibility index (Phi) is 9.68. The van der Waals surface area contributed by atoms with Crippen LogP contribution in [-0.2, 0) is 9.53 Å². The van der Waals surface area contributed by atoms with Crippen molar-refractivity contribution in [3.63, 3.8) is 0 Å². The number of carbonyl (C=O) groups excluding carboxylic acids is 2. The van der Waals surface area contributed by atoms with Crippen molar-refractivity contribution in [3.05, 3.63) is 11.8 Å². The molecule has 0 aromatic heterocycles. The summed E-state index contributed by atoms with van der Waals surface area (Å²) in [7, 11) is 0. The van der Waals surface area contributed by atoms with E-state index in [-0.39, 0.29) is 12.1 Å². The van der Waals surface area contributed by atoms with Crippen LogP contribution in [-0.4, -0.2) is 45.3 Å². The Hall–Kier alpha value is -1.11. The summed E-state index contributed by atoms with van der Waals surface area (Å²) in [6, 6.07) is -0.606. The molecule has 1 amide bonds. The average molecular weight is 548 g/mol. The number of nitrogens with zero attached hydrogens (tertiary/aromatic N) is 1. The van der Waals surface area contributed by atoms with Crippen molar-refractivity contribution in [2.45, 2.75) is 61.8 Å². The van der Waals surface area contributed by atoms with Crippen LogP contribution < -0.4 is 5.32 Å². The second-order valence-electron chi connectivity index (χ2n) is 6.48. The van der Waals surface area contributed by atoms with Crippen LogP contribution in [0.5, 0.6) is 0 Å². The third-order valence-electron chi connectivity index (χ3n) is 2.83. The molecule has 0 saturated heterocycles. The van der Waals surface area contributed by atoms with E-state index in [1.54, 1.807) is 27.7 Å². The molecule has 1 rings (SSSR count). The van der Waals surface area contributed by atoms with Crippen LogP contribution >= 0.6 is 31.9 Å². The Balaban J connectivity index is 0.000000684. The lowest BCUT2D eigenvalue weighted by Gasteiger charge is -2.22. The molecule has 162 valence electrons. The molecular formula is C15H18Br2F6N2O3. The molecule has 1 atom stereocenters. The molecule has 0 aromatic carbocycles. The number of alkyl carbamates (subject to hydrolysis) is 1. The van der Waals surface area contributed by atoms with Gasteiger partial charge in [0.15, 0.2) is 0 Å². The number of amides is 1. The second kappa shape index (κ2) is 10.1. The minimum absolute atomic E-state index is 0.262. The molecule has 1 aliphatic rings. The van der Waals surface area contributed by atoms with Gasteiger partial charge in [-0.05, 0) is 27.7 Å². The van der Waals surface area contributed by atoms with Crippen molar-refractivity contribution in [1.29, 1.82) is 0 Å². The van der Waals surface area contributed by atoms with Crippen molar-refractivity contribution in [3.8, 4) is 0 Å². The number of carbonyl (C=O) groups is 2. The zero-order chi connectivity index (χ0) is 22.5. The summed E-state index contributed by atoms with van der Waals surface area (Å²) in [5, 5.41) is 2.46. The van der Waals surface area contributed by atoms with Crippen molar-refractivity contribution < 1.29 is 40.7 Å². The van der Waals surface area contributed by atoms with Crippen LogP contribution in [0.1, 0.15) is 34.1 Å². The lowest BCUT2D eigenvalue weighted by molar-refractivity contribution is -0.168. The molecule has 0 saturated carbocycles. The highest BCUT2D eigenvalue weighted by molar-refractivity contribution is 9.25. The van der Waals surface area contributed by atoms with Crippen molar-refractivity contribution in [2.24, 2.45) is 4.99 Å². The molecule has 0 bridgehead atoms. The predicted molar refractivity (Wildman–Crippen MR) is 97.7 cm³/mol. The number of Topliss-reactive ketones (excluding diaryl/α,β-unsaturated/α-hetero) is 1. The molecule has 5 nitrogen and oxygen atoms in total. The summed E-state index contributed by atoms with van der Waals surface area (Å²) >= 11 is 4.85. The average Bonchev–Trinajstić information content (AvgIpc) is 2.93. The normalized spacial score (nSPS) is 15.9. The molecule has 0 radical (unpaired) electrons. The number of nitrogens with one attached hydrogen (secondary N) is 1. The molecule has 1 heterocycles. The van der Waals surface area contributed by atoms with Crippen molar-refractivity contribution >= 4 is 49.4 Å². The molecule has 0 unspecified atom stereocenters. The molecule has 0 fully saturated rings. The summed E-state index contributed by atoms with van der Waals surface area (Å²) < 4.78 is 74.8. The third-order valence-corrected chi connectivity index (χ3v) is 3.66. The first-order chi connectivity index (χ1) is 12.3. The van der Waals surface area contributed by atoms with Crippen LogP contribution in [0.25, 0.3) is 0 Å². The van der Waals surface area contributed by atoms with E-state index in [1.807, 2.05) is 0 Å². The number of ketones is 1. The number of halogens is 8. The Morgan fingerprint density at radius 3 is 1.93 bits per heavy atom. The van der Waals surface area contributed by atoms with Gasteiger partial charge in [-0.3, -0.25) is 9.79 Å². The maximum atomic E-state index is 12.4. The molecule has 13 heteroatoms. The predicted octanol–water partition coefficient (Wildman–Crippen LogP) is 5.42. The Labute approximate surface area is 174 Å². The van der Waals surface area contributed by atoms with E-state index in [0.29, 0.717) is 0 Å². The minimum atomic E-state index is -4.75. The van der Waals surface area contributed by atoms with E-state index < -0.39 is 45.2 Å². The fourth-order valence-corrected chi connectivity index (χ4v) is 2.10. The van der Waals surface area contributed by atoms with E-state index in [2.05, 4.69) is 42.2 Å². The number of rotatable bonds is 3. The van der Waals surface area contributed by atoms with Gasteiger partial charge in [-0.25, -0.2) is 4.79 Å².